The third-order valence-corrected chi connectivity index (χ3v) is 13.9. The second kappa shape index (κ2) is 9.34. The van der Waals surface area contributed by atoms with E-state index in [0.717, 1.165) is 36.2 Å². The van der Waals surface area contributed by atoms with Crippen LogP contribution in [0.4, 0.5) is 0 Å². The maximum absolute atomic E-state index is 12.4. The molecule has 226 valence electrons. The van der Waals surface area contributed by atoms with Crippen molar-refractivity contribution in [3.8, 4) is 0 Å². The van der Waals surface area contributed by atoms with Crippen LogP contribution in [0.25, 0.3) is 10.9 Å². The molecule has 1 aromatic carbocycles. The van der Waals surface area contributed by atoms with Crippen LogP contribution < -0.4 is 0 Å². The number of aliphatic hydroxyl groups excluding tert-OH is 2. The summed E-state index contributed by atoms with van der Waals surface area (Å²) in [6.45, 7) is 17.9. The van der Waals surface area contributed by atoms with E-state index in [4.69, 9.17) is 11.6 Å². The fraction of sp³-hybridized carbons (Fsp3) is 0.722. The Bertz CT molecular complexity index is 1390. The fourth-order valence-electron chi connectivity index (χ4n) is 10.9. The van der Waals surface area contributed by atoms with Gasteiger partial charge in [0.05, 0.1) is 17.8 Å². The van der Waals surface area contributed by atoms with Crippen LogP contribution in [0.3, 0.4) is 0 Å². The summed E-state index contributed by atoms with van der Waals surface area (Å²) in [4.78, 5) is 3.76. The Kier molecular flexibility index (Phi) is 6.77. The molecule has 4 aliphatic carbocycles. The number of rotatable bonds is 5. The first-order valence-corrected chi connectivity index (χ1v) is 16.4. The molecule has 4 nitrogen and oxygen atoms in total. The number of hydrogen-bond acceptors (Lipinski definition) is 3. The molecule has 41 heavy (non-hydrogen) atoms. The Labute approximate surface area is 252 Å². The van der Waals surface area contributed by atoms with E-state index in [0.29, 0.717) is 24.2 Å². The van der Waals surface area contributed by atoms with Gasteiger partial charge in [0.25, 0.3) is 0 Å². The quantitative estimate of drug-likeness (QED) is 0.270. The minimum atomic E-state index is -1.08. The second-order valence-electron chi connectivity index (χ2n) is 16.3. The number of hydrogen-bond donors (Lipinski definition) is 4. The molecule has 0 amide bonds. The summed E-state index contributed by atoms with van der Waals surface area (Å²) in [5, 5.41) is 35.2. The standard InChI is InChI=1S/C36H52ClNO3/c1-20(9-14-29(39)33(4,5)41)24-15-16-34(6)28-13-11-25-26(36(28,8)30(40)19-35(24,34)7)18-23-22-17-21(37)10-12-27(22)38-31(23)32(25,2)3/h10-12,17,20,24,26,28-30,38-41H,9,13-16,18-19H2,1-8H3/t20-,24-,26-,28+,29-,30-,34+,35-,36+/m1/s1. The lowest BCUT2D eigenvalue weighted by Gasteiger charge is -2.67. The molecule has 2 fully saturated rings. The van der Waals surface area contributed by atoms with Gasteiger partial charge in [-0.2, -0.15) is 0 Å². The zero-order chi connectivity index (χ0) is 29.9. The Morgan fingerprint density at radius 2 is 1.80 bits per heavy atom. The van der Waals surface area contributed by atoms with Gasteiger partial charge in [0.15, 0.2) is 0 Å². The van der Waals surface area contributed by atoms with E-state index in [1.807, 2.05) is 6.07 Å². The zero-order valence-electron chi connectivity index (χ0n) is 26.4. The molecule has 0 spiro atoms. The zero-order valence-corrected chi connectivity index (χ0v) is 27.2. The van der Waals surface area contributed by atoms with Crippen LogP contribution in [0.1, 0.15) is 105 Å². The summed E-state index contributed by atoms with van der Waals surface area (Å²) in [6.07, 6.45) is 8.13. The highest BCUT2D eigenvalue weighted by Crippen LogP contribution is 2.74. The Morgan fingerprint density at radius 1 is 1.10 bits per heavy atom. The summed E-state index contributed by atoms with van der Waals surface area (Å²) in [7, 11) is 0. The number of benzene rings is 1. The highest BCUT2D eigenvalue weighted by Gasteiger charge is 2.70. The third-order valence-electron chi connectivity index (χ3n) is 13.7. The lowest BCUT2D eigenvalue weighted by atomic mass is 9.38. The van der Waals surface area contributed by atoms with Crippen LogP contribution >= 0.6 is 11.6 Å². The molecule has 1 heterocycles. The summed E-state index contributed by atoms with van der Waals surface area (Å²) >= 11 is 6.49. The van der Waals surface area contributed by atoms with Crippen LogP contribution in [-0.2, 0) is 11.8 Å². The van der Waals surface area contributed by atoms with E-state index < -0.39 is 11.7 Å². The number of fused-ring (bicyclic) bond motifs is 8. The van der Waals surface area contributed by atoms with E-state index in [9.17, 15) is 15.3 Å². The summed E-state index contributed by atoms with van der Waals surface area (Å²) in [5.41, 5.74) is 4.09. The average molecular weight is 582 g/mol. The predicted octanol–water partition coefficient (Wildman–Crippen LogP) is 7.96. The third kappa shape index (κ3) is 4.02. The number of aromatic nitrogens is 1. The van der Waals surface area contributed by atoms with Gasteiger partial charge in [0, 0.05) is 32.4 Å². The highest BCUT2D eigenvalue weighted by molar-refractivity contribution is 6.31. The van der Waals surface area contributed by atoms with Gasteiger partial charge in [0.2, 0.25) is 0 Å². The van der Waals surface area contributed by atoms with E-state index in [1.54, 1.807) is 13.8 Å². The number of allylic oxidation sites excluding steroid dienone is 2. The minimum Gasteiger partial charge on any atom is -0.393 e. The number of halogens is 1. The van der Waals surface area contributed by atoms with Gasteiger partial charge in [0.1, 0.15) is 0 Å². The van der Waals surface area contributed by atoms with Crippen molar-refractivity contribution in [1.82, 2.24) is 4.98 Å². The molecule has 0 bridgehead atoms. The predicted molar refractivity (Wildman–Crippen MR) is 168 cm³/mol. The minimum absolute atomic E-state index is 0.0324. The van der Waals surface area contributed by atoms with Crippen LogP contribution in [-0.4, -0.2) is 38.1 Å². The van der Waals surface area contributed by atoms with Crippen molar-refractivity contribution in [1.29, 1.82) is 0 Å². The van der Waals surface area contributed by atoms with Gasteiger partial charge in [-0.05, 0) is 117 Å². The van der Waals surface area contributed by atoms with Crippen LogP contribution in [0.15, 0.2) is 29.8 Å². The Balaban J connectivity index is 1.36. The largest absolute Gasteiger partial charge is 0.393 e. The topological polar surface area (TPSA) is 76.5 Å². The van der Waals surface area contributed by atoms with Gasteiger partial charge in [-0.15, -0.1) is 0 Å². The highest BCUT2D eigenvalue weighted by atomic mass is 35.5. The molecule has 0 radical (unpaired) electrons. The van der Waals surface area contributed by atoms with Crippen LogP contribution in [0, 0.1) is 39.9 Å². The van der Waals surface area contributed by atoms with Gasteiger partial charge >= 0.3 is 0 Å². The van der Waals surface area contributed by atoms with Crippen molar-refractivity contribution in [2.75, 3.05) is 0 Å². The van der Waals surface area contributed by atoms with Gasteiger partial charge < -0.3 is 20.3 Å². The van der Waals surface area contributed by atoms with E-state index in [-0.39, 0.29) is 33.7 Å². The second-order valence-corrected chi connectivity index (χ2v) is 16.7. The average Bonchev–Trinajstić information content (AvgIpc) is 3.37. The molecule has 5 heteroatoms. The van der Waals surface area contributed by atoms with Crippen LogP contribution in [0.5, 0.6) is 0 Å². The van der Waals surface area contributed by atoms with Gasteiger partial charge in [-0.3, -0.25) is 0 Å². The molecule has 4 aliphatic rings. The first kappa shape index (κ1) is 29.7. The Morgan fingerprint density at radius 3 is 2.49 bits per heavy atom. The molecule has 0 unspecified atom stereocenters. The number of aliphatic hydroxyl groups is 3. The Hall–Kier alpha value is -1.33. The van der Waals surface area contributed by atoms with E-state index in [1.165, 1.54) is 35.1 Å². The maximum atomic E-state index is 12.4. The van der Waals surface area contributed by atoms with Crippen molar-refractivity contribution >= 4 is 22.5 Å². The van der Waals surface area contributed by atoms with Crippen LogP contribution in [0.2, 0.25) is 5.02 Å². The van der Waals surface area contributed by atoms with Crippen molar-refractivity contribution in [2.24, 2.45) is 39.9 Å². The summed E-state index contributed by atoms with van der Waals surface area (Å²) in [5.74, 6) is 1.62. The van der Waals surface area contributed by atoms with Gasteiger partial charge in [-0.25, -0.2) is 0 Å². The monoisotopic (exact) mass is 581 g/mol. The normalized spacial score (nSPS) is 39.4. The van der Waals surface area contributed by atoms with Crippen molar-refractivity contribution in [2.45, 2.75) is 124 Å². The molecule has 0 saturated heterocycles. The smallest absolute Gasteiger partial charge is 0.0849 e. The molecule has 9 atom stereocenters. The first-order valence-electron chi connectivity index (χ1n) is 16.1. The molecule has 0 aliphatic heterocycles. The van der Waals surface area contributed by atoms with Crippen molar-refractivity contribution < 1.29 is 15.3 Å². The van der Waals surface area contributed by atoms with Crippen molar-refractivity contribution in [3.05, 3.63) is 46.1 Å². The molecule has 2 saturated carbocycles. The molecular weight excluding hydrogens is 530 g/mol. The summed E-state index contributed by atoms with van der Waals surface area (Å²) in [6, 6.07) is 6.20. The maximum Gasteiger partial charge on any atom is 0.0849 e. The molecule has 4 N–H and O–H groups in total. The number of aromatic amines is 1. The summed E-state index contributed by atoms with van der Waals surface area (Å²) < 4.78 is 0. The molecule has 6 rings (SSSR count). The fourth-order valence-corrected chi connectivity index (χ4v) is 11.1. The number of nitrogens with one attached hydrogen (secondary N) is 1. The number of H-pyrrole nitrogens is 1. The van der Waals surface area contributed by atoms with E-state index in [2.05, 4.69) is 64.7 Å². The van der Waals surface area contributed by atoms with Crippen molar-refractivity contribution in [3.63, 3.8) is 0 Å². The lowest BCUT2D eigenvalue weighted by Crippen LogP contribution is -2.64. The molecular formula is C36H52ClNO3. The molecule has 1 aromatic heterocycles. The SMILES string of the molecule is C[C@H](CC[C@@H](O)C(C)(C)O)[C@H]1CC[C@@]2(C)[C@@H]3CC=C4[C@@H](Cc5c([nH]c6ccc(Cl)cc56)C4(C)C)[C@]3(C)[C@H](O)C[C@]12C. The lowest BCUT2D eigenvalue weighted by molar-refractivity contribution is -0.198. The van der Waals surface area contributed by atoms with Gasteiger partial charge in [-0.1, -0.05) is 64.8 Å². The van der Waals surface area contributed by atoms with E-state index >= 15 is 0 Å². The first-order chi connectivity index (χ1) is 19.0. The molecule has 2 aromatic rings.